The summed E-state index contributed by atoms with van der Waals surface area (Å²) in [6.07, 6.45) is 4.85. The van der Waals surface area contributed by atoms with Crippen LogP contribution >= 0.6 is 0 Å². The van der Waals surface area contributed by atoms with Crippen LogP contribution in [0.2, 0.25) is 0 Å². The highest BCUT2D eigenvalue weighted by atomic mass is 16.5. The van der Waals surface area contributed by atoms with Crippen LogP contribution in [0.15, 0.2) is 11.6 Å². The van der Waals surface area contributed by atoms with Gasteiger partial charge in [-0.25, -0.2) is 4.79 Å². The van der Waals surface area contributed by atoms with Crippen molar-refractivity contribution in [3.05, 3.63) is 33.9 Å². The number of carbonyl (C=O) groups is 3. The van der Waals surface area contributed by atoms with E-state index in [1.165, 1.54) is 14.2 Å². The molecule has 2 heterocycles. The average Bonchev–Trinajstić information content (AvgIpc) is 3.32. The molecule has 2 aliphatic rings. The summed E-state index contributed by atoms with van der Waals surface area (Å²) in [5.41, 5.74) is 3.79. The van der Waals surface area contributed by atoms with Gasteiger partial charge in [0.15, 0.2) is 0 Å². The number of piperidine rings is 1. The lowest BCUT2D eigenvalue weighted by Gasteiger charge is -2.28. The molecule has 1 aromatic rings. The normalized spacial score (nSPS) is 15.7. The maximum absolute atomic E-state index is 12.6. The minimum atomic E-state index is -0.421. The van der Waals surface area contributed by atoms with Gasteiger partial charge in [-0.05, 0) is 58.2 Å². The third-order valence-electron chi connectivity index (χ3n) is 7.07. The van der Waals surface area contributed by atoms with E-state index in [4.69, 9.17) is 23.7 Å². The van der Waals surface area contributed by atoms with Crippen LogP contribution in [0.25, 0.3) is 0 Å². The van der Waals surface area contributed by atoms with Crippen LogP contribution in [0, 0.1) is 24.7 Å². The first kappa shape index (κ1) is 29.1. The first-order valence-electron chi connectivity index (χ1n) is 12.8. The molecule has 0 aromatic heterocycles. The van der Waals surface area contributed by atoms with Crippen molar-refractivity contribution >= 4 is 17.9 Å². The van der Waals surface area contributed by atoms with Crippen molar-refractivity contribution in [3.8, 4) is 23.3 Å². The Balaban J connectivity index is 1.73. The molecule has 1 fully saturated rings. The summed E-state index contributed by atoms with van der Waals surface area (Å²) in [5.74, 6) is 6.39. The summed E-state index contributed by atoms with van der Waals surface area (Å²) in [6.45, 7) is 6.28. The van der Waals surface area contributed by atoms with Gasteiger partial charge in [0, 0.05) is 17.5 Å². The first-order valence-corrected chi connectivity index (χ1v) is 12.8. The van der Waals surface area contributed by atoms with E-state index in [1.807, 2.05) is 19.9 Å². The molecule has 206 valence electrons. The molecule has 0 spiro atoms. The monoisotopic (exact) mass is 527 g/mol. The van der Waals surface area contributed by atoms with Crippen molar-refractivity contribution in [2.45, 2.75) is 52.6 Å². The number of esters is 3. The molecule has 3 rings (SSSR count). The number of hydrogen-bond donors (Lipinski definition) is 0. The Morgan fingerprint density at radius 1 is 1.08 bits per heavy atom. The fourth-order valence-corrected chi connectivity index (χ4v) is 4.77. The van der Waals surface area contributed by atoms with Gasteiger partial charge in [-0.2, -0.15) is 0 Å². The molecule has 0 unspecified atom stereocenters. The molecule has 0 saturated carbocycles. The fraction of sp³-hybridized carbons (Fsp3) is 0.552. The Bertz CT molecular complexity index is 1140. The van der Waals surface area contributed by atoms with E-state index in [0.717, 1.165) is 48.2 Å². The Hall–Kier alpha value is -3.51. The standard InChI is InChI=1S/C29H37NO8/c1-19(9-11-24(31)34-3)8-10-22-26(35-4)20(2)23-18-38-29(33)25(23)27(22)37-17-7-6-14-30-15-12-21(13-16-30)28(32)36-5/h8,21H,9-18H2,1-5H3/b19-8+. The van der Waals surface area contributed by atoms with E-state index in [0.29, 0.717) is 42.9 Å². The number of likely N-dealkylation sites (tertiary alicyclic amines) is 1. The summed E-state index contributed by atoms with van der Waals surface area (Å²) in [5, 5.41) is 0. The minimum Gasteiger partial charge on any atom is -0.496 e. The Morgan fingerprint density at radius 3 is 2.47 bits per heavy atom. The van der Waals surface area contributed by atoms with Gasteiger partial charge in [-0.1, -0.05) is 23.5 Å². The molecule has 9 heteroatoms. The molecular weight excluding hydrogens is 490 g/mol. The maximum atomic E-state index is 12.6. The summed E-state index contributed by atoms with van der Waals surface area (Å²) >= 11 is 0. The number of methoxy groups -OCH3 is 3. The van der Waals surface area contributed by atoms with Crippen molar-refractivity contribution in [3.63, 3.8) is 0 Å². The zero-order chi connectivity index (χ0) is 27.7. The Morgan fingerprint density at radius 2 is 1.82 bits per heavy atom. The lowest BCUT2D eigenvalue weighted by molar-refractivity contribution is -0.147. The second-order valence-corrected chi connectivity index (χ2v) is 9.44. The molecular formula is C29H37NO8. The number of carbonyl (C=O) groups excluding carboxylic acids is 3. The van der Waals surface area contributed by atoms with Crippen molar-refractivity contribution < 1.29 is 38.1 Å². The number of benzene rings is 1. The minimum absolute atomic E-state index is 0.0394. The van der Waals surface area contributed by atoms with E-state index in [2.05, 4.69) is 16.7 Å². The van der Waals surface area contributed by atoms with E-state index in [-0.39, 0.29) is 31.1 Å². The van der Waals surface area contributed by atoms with Crippen molar-refractivity contribution in [2.24, 2.45) is 5.92 Å². The maximum Gasteiger partial charge on any atom is 0.342 e. The Labute approximate surface area is 224 Å². The molecule has 0 radical (unpaired) electrons. The van der Waals surface area contributed by atoms with E-state index in [1.54, 1.807) is 7.11 Å². The highest BCUT2D eigenvalue weighted by Crippen LogP contribution is 2.42. The molecule has 1 aromatic carbocycles. The third kappa shape index (κ3) is 7.07. The van der Waals surface area contributed by atoms with Gasteiger partial charge in [-0.15, -0.1) is 0 Å². The molecule has 0 atom stereocenters. The number of nitrogens with zero attached hydrogens (tertiary/aromatic N) is 1. The van der Waals surface area contributed by atoms with E-state index < -0.39 is 5.97 Å². The Kier molecular flexibility index (Phi) is 10.6. The number of cyclic esters (lactones) is 1. The van der Waals surface area contributed by atoms with E-state index in [9.17, 15) is 14.4 Å². The van der Waals surface area contributed by atoms with Crippen LogP contribution in [-0.4, -0.2) is 70.4 Å². The van der Waals surface area contributed by atoms with Crippen LogP contribution in [0.4, 0.5) is 0 Å². The number of fused-ring (bicyclic) bond motifs is 1. The molecule has 38 heavy (non-hydrogen) atoms. The van der Waals surface area contributed by atoms with Gasteiger partial charge in [0.25, 0.3) is 0 Å². The second kappa shape index (κ2) is 13.9. The van der Waals surface area contributed by atoms with Crippen molar-refractivity contribution in [1.82, 2.24) is 4.90 Å². The van der Waals surface area contributed by atoms with Gasteiger partial charge < -0.3 is 23.7 Å². The summed E-state index contributed by atoms with van der Waals surface area (Å²) in [4.78, 5) is 38.1. The van der Waals surface area contributed by atoms with Crippen LogP contribution in [-0.2, 0) is 36.8 Å². The molecule has 1 saturated heterocycles. The number of rotatable bonds is 10. The van der Waals surface area contributed by atoms with Gasteiger partial charge in [-0.3, -0.25) is 14.5 Å². The molecule has 0 amide bonds. The smallest absolute Gasteiger partial charge is 0.342 e. The van der Waals surface area contributed by atoms with Crippen molar-refractivity contribution in [1.29, 1.82) is 0 Å². The SMILES string of the molecule is COC(=O)CC/C(C)=C/Cc1c(OC)c(C)c2c(c1OCC#CCN1CCC(C(=O)OC)CC1)C(=O)OC2. The fourth-order valence-electron chi connectivity index (χ4n) is 4.77. The summed E-state index contributed by atoms with van der Waals surface area (Å²) < 4.78 is 26.7. The lowest BCUT2D eigenvalue weighted by atomic mass is 9.94. The molecule has 0 N–H and O–H groups in total. The summed E-state index contributed by atoms with van der Waals surface area (Å²) in [7, 11) is 4.39. The summed E-state index contributed by atoms with van der Waals surface area (Å²) in [6, 6.07) is 0. The topological polar surface area (TPSA) is 101 Å². The predicted molar refractivity (Wildman–Crippen MR) is 140 cm³/mol. The van der Waals surface area contributed by atoms with Crippen molar-refractivity contribution in [2.75, 3.05) is 47.6 Å². The molecule has 0 aliphatic carbocycles. The lowest BCUT2D eigenvalue weighted by Crippen LogP contribution is -2.36. The quantitative estimate of drug-likeness (QED) is 0.196. The number of ether oxygens (including phenoxy) is 5. The molecule has 0 bridgehead atoms. The van der Waals surface area contributed by atoms with Crippen LogP contribution < -0.4 is 9.47 Å². The molecule has 9 nitrogen and oxygen atoms in total. The van der Waals surface area contributed by atoms with Crippen LogP contribution in [0.3, 0.4) is 0 Å². The highest BCUT2D eigenvalue weighted by Gasteiger charge is 2.33. The molecule has 2 aliphatic heterocycles. The predicted octanol–water partition coefficient (Wildman–Crippen LogP) is 3.38. The number of allylic oxidation sites excluding steroid dienone is 2. The van der Waals surface area contributed by atoms with Gasteiger partial charge in [0.2, 0.25) is 0 Å². The van der Waals surface area contributed by atoms with Gasteiger partial charge in [0.1, 0.15) is 30.3 Å². The van der Waals surface area contributed by atoms with Crippen LogP contribution in [0.5, 0.6) is 11.5 Å². The van der Waals surface area contributed by atoms with E-state index >= 15 is 0 Å². The zero-order valence-electron chi connectivity index (χ0n) is 22.9. The largest absolute Gasteiger partial charge is 0.496 e. The second-order valence-electron chi connectivity index (χ2n) is 9.44. The highest BCUT2D eigenvalue weighted by molar-refractivity contribution is 5.98. The number of hydrogen-bond acceptors (Lipinski definition) is 9. The van der Waals surface area contributed by atoms with Crippen LogP contribution in [0.1, 0.15) is 59.7 Å². The third-order valence-corrected chi connectivity index (χ3v) is 7.07. The first-order chi connectivity index (χ1) is 18.3. The van der Waals surface area contributed by atoms with Gasteiger partial charge in [0.05, 0.1) is 33.8 Å². The zero-order valence-corrected chi connectivity index (χ0v) is 22.9. The van der Waals surface area contributed by atoms with Gasteiger partial charge >= 0.3 is 17.9 Å². The average molecular weight is 528 g/mol.